The minimum absolute atomic E-state index is 0.159. The summed E-state index contributed by atoms with van der Waals surface area (Å²) in [5.74, 6) is 0.273. The standard InChI is InChI=1S/C19H32O2Si/c1-16(14-15-20)18(21-22(5,6)19(2,3)4)13-12-17-10-8-7-9-11-17/h7-11,15-16,18H,12-14H2,1-6H3/t16-,18-/m0/s1. The summed E-state index contributed by atoms with van der Waals surface area (Å²) in [4.78, 5) is 10.9. The Morgan fingerprint density at radius 1 is 1.18 bits per heavy atom. The summed E-state index contributed by atoms with van der Waals surface area (Å²) in [6, 6.07) is 10.5. The molecule has 0 fully saturated rings. The maximum absolute atomic E-state index is 10.9. The van der Waals surface area contributed by atoms with Crippen LogP contribution in [-0.4, -0.2) is 20.7 Å². The normalized spacial score (nSPS) is 15.4. The number of benzene rings is 1. The van der Waals surface area contributed by atoms with Crippen LogP contribution >= 0.6 is 0 Å². The molecule has 0 N–H and O–H groups in total. The number of carbonyl (C=O) groups is 1. The minimum Gasteiger partial charge on any atom is -0.414 e. The van der Waals surface area contributed by atoms with Crippen molar-refractivity contribution in [1.82, 2.24) is 0 Å². The predicted octanol–water partition coefficient (Wildman–Crippen LogP) is 5.23. The zero-order chi connectivity index (χ0) is 16.8. The molecule has 124 valence electrons. The van der Waals surface area contributed by atoms with Crippen molar-refractivity contribution < 1.29 is 9.22 Å². The van der Waals surface area contributed by atoms with Gasteiger partial charge < -0.3 is 9.22 Å². The fourth-order valence-electron chi connectivity index (χ4n) is 2.27. The third kappa shape index (κ3) is 5.69. The number of aldehydes is 1. The van der Waals surface area contributed by atoms with E-state index in [9.17, 15) is 4.79 Å². The Morgan fingerprint density at radius 3 is 2.27 bits per heavy atom. The predicted molar refractivity (Wildman–Crippen MR) is 96.7 cm³/mol. The van der Waals surface area contributed by atoms with Crippen LogP contribution in [0.4, 0.5) is 0 Å². The number of carbonyl (C=O) groups excluding carboxylic acids is 1. The van der Waals surface area contributed by atoms with Gasteiger partial charge in [0.25, 0.3) is 0 Å². The lowest BCUT2D eigenvalue weighted by Crippen LogP contribution is -2.45. The quantitative estimate of drug-likeness (QED) is 0.484. The first-order chi connectivity index (χ1) is 10.2. The number of rotatable bonds is 8. The lowest BCUT2D eigenvalue weighted by atomic mass is 9.96. The highest BCUT2D eigenvalue weighted by atomic mass is 28.4. The van der Waals surface area contributed by atoms with Crippen molar-refractivity contribution in [3.63, 3.8) is 0 Å². The maximum Gasteiger partial charge on any atom is 0.192 e. The van der Waals surface area contributed by atoms with Gasteiger partial charge in [0.15, 0.2) is 8.32 Å². The smallest absolute Gasteiger partial charge is 0.192 e. The first kappa shape index (κ1) is 19.1. The minimum atomic E-state index is -1.81. The molecule has 0 spiro atoms. The van der Waals surface area contributed by atoms with Crippen molar-refractivity contribution in [2.24, 2.45) is 5.92 Å². The molecule has 0 aliphatic heterocycles. The van der Waals surface area contributed by atoms with Crippen molar-refractivity contribution in [2.75, 3.05) is 0 Å². The van der Waals surface area contributed by atoms with Crippen molar-refractivity contribution >= 4 is 14.6 Å². The summed E-state index contributed by atoms with van der Waals surface area (Å²) in [5, 5.41) is 0.193. The van der Waals surface area contributed by atoms with Gasteiger partial charge in [-0.25, -0.2) is 0 Å². The van der Waals surface area contributed by atoms with Gasteiger partial charge in [-0.1, -0.05) is 58.0 Å². The fourth-order valence-corrected chi connectivity index (χ4v) is 3.73. The molecule has 0 aliphatic rings. The van der Waals surface area contributed by atoms with Gasteiger partial charge in [-0.2, -0.15) is 0 Å². The van der Waals surface area contributed by atoms with Gasteiger partial charge >= 0.3 is 0 Å². The lowest BCUT2D eigenvalue weighted by molar-refractivity contribution is -0.109. The second-order valence-electron chi connectivity index (χ2n) is 7.82. The van der Waals surface area contributed by atoms with Crippen LogP contribution in [0.1, 0.15) is 46.1 Å². The Labute approximate surface area is 137 Å². The van der Waals surface area contributed by atoms with E-state index in [0.29, 0.717) is 6.42 Å². The zero-order valence-corrected chi connectivity index (χ0v) is 16.1. The number of hydrogen-bond donors (Lipinski definition) is 0. The monoisotopic (exact) mass is 320 g/mol. The zero-order valence-electron chi connectivity index (χ0n) is 15.1. The Kier molecular flexibility index (Phi) is 7.01. The average Bonchev–Trinajstić information content (AvgIpc) is 2.43. The molecule has 0 heterocycles. The van der Waals surface area contributed by atoms with E-state index in [1.54, 1.807) is 0 Å². The highest BCUT2D eigenvalue weighted by Crippen LogP contribution is 2.38. The van der Waals surface area contributed by atoms with Crippen molar-refractivity contribution in [1.29, 1.82) is 0 Å². The SMILES string of the molecule is C[C@@H](CC=O)[C@H](CCc1ccccc1)O[Si](C)(C)C(C)(C)C. The number of aryl methyl sites for hydroxylation is 1. The summed E-state index contributed by atoms with van der Waals surface area (Å²) in [5.41, 5.74) is 1.34. The van der Waals surface area contributed by atoms with E-state index >= 15 is 0 Å². The number of hydrogen-bond acceptors (Lipinski definition) is 2. The van der Waals surface area contributed by atoms with E-state index in [2.05, 4.69) is 65.1 Å². The second-order valence-corrected chi connectivity index (χ2v) is 12.6. The molecule has 0 aromatic heterocycles. The van der Waals surface area contributed by atoms with Crippen LogP contribution in [0.2, 0.25) is 18.1 Å². The van der Waals surface area contributed by atoms with Gasteiger partial charge in [-0.05, 0) is 42.5 Å². The van der Waals surface area contributed by atoms with Gasteiger partial charge in [-0.15, -0.1) is 0 Å². The van der Waals surface area contributed by atoms with E-state index < -0.39 is 8.32 Å². The van der Waals surface area contributed by atoms with Gasteiger partial charge in [0.05, 0.1) is 0 Å². The van der Waals surface area contributed by atoms with Crippen LogP contribution in [-0.2, 0) is 15.6 Å². The molecular weight excluding hydrogens is 288 g/mol. The van der Waals surface area contributed by atoms with Crippen LogP contribution in [0.5, 0.6) is 0 Å². The van der Waals surface area contributed by atoms with Crippen LogP contribution < -0.4 is 0 Å². The summed E-state index contributed by atoms with van der Waals surface area (Å²) in [6.45, 7) is 13.5. The third-order valence-corrected chi connectivity index (χ3v) is 9.42. The van der Waals surface area contributed by atoms with Crippen LogP contribution in [0.3, 0.4) is 0 Å². The topological polar surface area (TPSA) is 26.3 Å². The molecule has 22 heavy (non-hydrogen) atoms. The molecule has 1 aromatic carbocycles. The van der Waals surface area contributed by atoms with Gasteiger partial charge in [0.1, 0.15) is 6.29 Å². The van der Waals surface area contributed by atoms with Crippen LogP contribution in [0.25, 0.3) is 0 Å². The second kappa shape index (κ2) is 8.07. The Hall–Kier alpha value is -0.933. The fraction of sp³-hybridized carbons (Fsp3) is 0.632. The van der Waals surface area contributed by atoms with Crippen LogP contribution in [0.15, 0.2) is 30.3 Å². The molecule has 0 amide bonds. The summed E-state index contributed by atoms with van der Waals surface area (Å²) >= 11 is 0. The molecule has 1 aromatic rings. The van der Waals surface area contributed by atoms with Gasteiger partial charge in [0, 0.05) is 12.5 Å². The summed E-state index contributed by atoms with van der Waals surface area (Å²) < 4.78 is 6.62. The molecule has 2 nitrogen and oxygen atoms in total. The van der Waals surface area contributed by atoms with Gasteiger partial charge in [-0.3, -0.25) is 0 Å². The van der Waals surface area contributed by atoms with Crippen molar-refractivity contribution in [2.45, 2.75) is 71.2 Å². The molecule has 3 heteroatoms. The largest absolute Gasteiger partial charge is 0.414 e. The first-order valence-electron chi connectivity index (χ1n) is 8.33. The molecule has 0 saturated carbocycles. The molecule has 2 atom stereocenters. The highest BCUT2D eigenvalue weighted by Gasteiger charge is 2.39. The van der Waals surface area contributed by atoms with Crippen LogP contribution in [0, 0.1) is 5.92 Å². The highest BCUT2D eigenvalue weighted by molar-refractivity contribution is 6.74. The van der Waals surface area contributed by atoms with E-state index in [1.165, 1.54) is 5.56 Å². The Balaban J connectivity index is 2.78. The first-order valence-corrected chi connectivity index (χ1v) is 11.2. The lowest BCUT2D eigenvalue weighted by Gasteiger charge is -2.41. The summed E-state index contributed by atoms with van der Waals surface area (Å²) in [6.07, 6.45) is 3.74. The third-order valence-electron chi connectivity index (χ3n) is 4.92. The molecule has 0 unspecified atom stereocenters. The molecule has 0 aliphatic carbocycles. The molecule has 0 bridgehead atoms. The molecule has 0 radical (unpaired) electrons. The van der Waals surface area contributed by atoms with Gasteiger partial charge in [0.2, 0.25) is 0 Å². The maximum atomic E-state index is 10.9. The van der Waals surface area contributed by atoms with E-state index in [-0.39, 0.29) is 17.1 Å². The van der Waals surface area contributed by atoms with Crippen molar-refractivity contribution in [3.8, 4) is 0 Å². The molecule has 0 saturated heterocycles. The van der Waals surface area contributed by atoms with Crippen molar-refractivity contribution in [3.05, 3.63) is 35.9 Å². The van der Waals surface area contributed by atoms with E-state index in [1.807, 2.05) is 6.07 Å². The average molecular weight is 321 g/mol. The Morgan fingerprint density at radius 2 is 1.77 bits per heavy atom. The Bertz CT molecular complexity index is 448. The molecule has 1 rings (SSSR count). The van der Waals surface area contributed by atoms with E-state index in [0.717, 1.165) is 19.1 Å². The molecular formula is C19H32O2Si. The summed E-state index contributed by atoms with van der Waals surface area (Å²) in [7, 11) is -1.81. The van der Waals surface area contributed by atoms with E-state index in [4.69, 9.17) is 4.43 Å².